The molecule has 3 saturated heterocycles. The smallest absolute Gasteiger partial charge is 0.364 e. The number of carboxylic acid groups (broad SMARTS) is 1. The predicted molar refractivity (Wildman–Crippen MR) is 339 cm³/mol. The van der Waals surface area contributed by atoms with Gasteiger partial charge in [0.05, 0.1) is 50.7 Å². The minimum Gasteiger partial charge on any atom is -0.477 e. The van der Waals surface area contributed by atoms with E-state index in [-0.39, 0.29) is 18.9 Å². The number of carboxylic acids is 1. The van der Waals surface area contributed by atoms with Crippen molar-refractivity contribution in [2.45, 2.75) is 381 Å². The number of amides is 2. The Balaban J connectivity index is 1.49. The first-order valence-corrected chi connectivity index (χ1v) is 35.4. The van der Waals surface area contributed by atoms with Gasteiger partial charge in [-0.25, -0.2) is 4.79 Å². The van der Waals surface area contributed by atoms with Crippen LogP contribution in [-0.2, 0) is 42.8 Å². The van der Waals surface area contributed by atoms with Gasteiger partial charge in [-0.05, 0) is 12.8 Å². The van der Waals surface area contributed by atoms with E-state index in [1.807, 2.05) is 0 Å². The molecule has 530 valence electrons. The van der Waals surface area contributed by atoms with Crippen molar-refractivity contribution in [2.24, 2.45) is 0 Å². The molecular weight excluding hydrogens is 1170 g/mol. The van der Waals surface area contributed by atoms with E-state index in [4.69, 9.17) is 28.4 Å². The summed E-state index contributed by atoms with van der Waals surface area (Å²) in [6.45, 7) is 2.18. The Hall–Kier alpha value is -2.27. The maximum atomic E-state index is 13.4. The molecule has 0 aliphatic carbocycles. The van der Waals surface area contributed by atoms with Crippen molar-refractivity contribution in [1.82, 2.24) is 10.6 Å². The van der Waals surface area contributed by atoms with Crippen LogP contribution < -0.4 is 10.6 Å². The van der Waals surface area contributed by atoms with Crippen molar-refractivity contribution >= 4 is 17.8 Å². The number of hydrogen-bond acceptors (Lipinski definition) is 20. The number of hydrogen-bond donors (Lipinski definition) is 14. The molecule has 0 aromatic carbocycles. The minimum absolute atomic E-state index is 0.229. The van der Waals surface area contributed by atoms with Crippen molar-refractivity contribution in [3.8, 4) is 0 Å². The molecule has 3 aliphatic heterocycles. The molecule has 23 nitrogen and oxygen atoms in total. The van der Waals surface area contributed by atoms with Gasteiger partial charge in [-0.15, -0.1) is 0 Å². The molecule has 2 amide bonds. The molecule has 0 saturated carbocycles. The fourth-order valence-corrected chi connectivity index (χ4v) is 12.7. The standard InChI is InChI=1S/C67H126N2O21/c1-4-6-8-10-12-14-15-16-17-18-19-20-21-22-23-24-25-26-27-28-29-30-31-33-35-37-39-41-54(77)69-48(49(74)40-38-36-34-32-13-11-9-7-5-2)46-85-64-59(81)58(80)61(53(45-72)87-64)88-65-60(82)63(57(79)52(44-71)86-65)90-67(66(83)84)42-50(75)55(68-47(3)73)62(89-67)56(78)51(76)43-70/h48-53,55-65,70-72,74-76,78-82H,4-46H2,1-3H3,(H,68,73)(H,69,77)(H,83,84). The van der Waals surface area contributed by atoms with Crippen LogP contribution in [0.3, 0.4) is 0 Å². The van der Waals surface area contributed by atoms with Gasteiger partial charge < -0.3 is 100 Å². The first-order valence-electron chi connectivity index (χ1n) is 35.4. The molecule has 3 fully saturated rings. The lowest BCUT2D eigenvalue weighted by Gasteiger charge is -2.50. The van der Waals surface area contributed by atoms with Crippen molar-refractivity contribution in [1.29, 1.82) is 0 Å². The van der Waals surface area contributed by atoms with Gasteiger partial charge in [0.15, 0.2) is 12.6 Å². The molecule has 0 spiro atoms. The number of carbonyl (C=O) groups excluding carboxylic acids is 2. The number of aliphatic hydroxyl groups is 11. The topological polar surface area (TPSA) is 373 Å². The highest BCUT2D eigenvalue weighted by atomic mass is 16.8. The summed E-state index contributed by atoms with van der Waals surface area (Å²) in [6.07, 6.45) is 15.8. The minimum atomic E-state index is -3.08. The van der Waals surface area contributed by atoms with E-state index in [0.29, 0.717) is 19.3 Å². The summed E-state index contributed by atoms with van der Waals surface area (Å²) >= 11 is 0. The summed E-state index contributed by atoms with van der Waals surface area (Å²) in [5.41, 5.74) is 0. The monoisotopic (exact) mass is 1290 g/mol. The molecule has 0 aromatic heterocycles. The van der Waals surface area contributed by atoms with Gasteiger partial charge in [0.25, 0.3) is 5.79 Å². The van der Waals surface area contributed by atoms with Crippen LogP contribution in [0.25, 0.3) is 0 Å². The van der Waals surface area contributed by atoms with Gasteiger partial charge in [-0.3, -0.25) is 9.59 Å². The summed E-state index contributed by atoms with van der Waals surface area (Å²) in [4.78, 5) is 38.5. The fourth-order valence-electron chi connectivity index (χ4n) is 12.7. The molecule has 0 aromatic rings. The second-order valence-corrected chi connectivity index (χ2v) is 26.1. The molecule has 18 unspecified atom stereocenters. The van der Waals surface area contributed by atoms with Gasteiger partial charge >= 0.3 is 5.97 Å². The third-order valence-corrected chi connectivity index (χ3v) is 18.3. The summed E-state index contributed by atoms with van der Waals surface area (Å²) in [6, 6.07) is -2.52. The molecule has 3 aliphatic rings. The second kappa shape index (κ2) is 48.4. The Morgan fingerprint density at radius 1 is 0.533 bits per heavy atom. The van der Waals surface area contributed by atoms with Gasteiger partial charge in [0, 0.05) is 19.8 Å². The Labute approximate surface area is 538 Å². The number of rotatable bonds is 54. The zero-order chi connectivity index (χ0) is 66.1. The summed E-state index contributed by atoms with van der Waals surface area (Å²) < 4.78 is 34.8. The molecule has 3 heterocycles. The molecular formula is C67H126N2O21. The van der Waals surface area contributed by atoms with Crippen molar-refractivity contribution in [3.63, 3.8) is 0 Å². The number of nitrogens with one attached hydrogen (secondary N) is 2. The van der Waals surface area contributed by atoms with Crippen LogP contribution in [0.5, 0.6) is 0 Å². The van der Waals surface area contributed by atoms with Gasteiger partial charge in [-0.1, -0.05) is 239 Å². The first-order chi connectivity index (χ1) is 43.4. The van der Waals surface area contributed by atoms with Crippen LogP contribution in [-0.4, -0.2) is 215 Å². The molecule has 14 N–H and O–H groups in total. The Morgan fingerprint density at radius 2 is 0.967 bits per heavy atom. The van der Waals surface area contributed by atoms with Gasteiger partial charge in [-0.2, -0.15) is 0 Å². The summed E-state index contributed by atoms with van der Waals surface area (Å²) in [5.74, 6) is -6.09. The van der Waals surface area contributed by atoms with Crippen LogP contribution >= 0.6 is 0 Å². The Kier molecular flexibility index (Phi) is 44.1. The lowest BCUT2D eigenvalue weighted by atomic mass is 9.88. The number of aliphatic hydroxyl groups excluding tert-OH is 11. The lowest BCUT2D eigenvalue weighted by Crippen LogP contribution is -2.70. The maximum absolute atomic E-state index is 13.4. The maximum Gasteiger partial charge on any atom is 0.364 e. The summed E-state index contributed by atoms with van der Waals surface area (Å²) in [7, 11) is 0. The van der Waals surface area contributed by atoms with Crippen molar-refractivity contribution < 1.29 is 104 Å². The SMILES string of the molecule is CCCCCCCCCCCCCCCCCCCCCCCCCCCCCC(=O)NC(COC1OC(CO)C(OC2OC(CO)C(O)C(OC3(C(=O)O)CC(O)C(NC(C)=O)C(C(O)C(O)CO)O3)C2O)C(O)C1O)C(O)CCCCCCCCCCC. The van der Waals surface area contributed by atoms with Crippen LogP contribution in [0.4, 0.5) is 0 Å². The van der Waals surface area contributed by atoms with Crippen LogP contribution in [0, 0.1) is 0 Å². The van der Waals surface area contributed by atoms with E-state index in [2.05, 4.69) is 24.5 Å². The second-order valence-electron chi connectivity index (χ2n) is 26.1. The van der Waals surface area contributed by atoms with E-state index in [1.165, 1.54) is 173 Å². The van der Waals surface area contributed by atoms with Gasteiger partial charge in [0.1, 0.15) is 67.1 Å². The average Bonchev–Trinajstić information content (AvgIpc) is 0.882. The Bertz CT molecular complexity index is 1830. The largest absolute Gasteiger partial charge is 0.477 e. The molecule has 0 radical (unpaired) electrons. The van der Waals surface area contributed by atoms with E-state index < -0.39 is 148 Å². The molecule has 0 bridgehead atoms. The summed E-state index contributed by atoms with van der Waals surface area (Å²) in [5, 5.41) is 136. The molecule has 3 rings (SSSR count). The Morgan fingerprint density at radius 3 is 1.39 bits per heavy atom. The fraction of sp³-hybridized carbons (Fsp3) is 0.955. The van der Waals surface area contributed by atoms with Crippen molar-refractivity contribution in [2.75, 3.05) is 26.4 Å². The highest BCUT2D eigenvalue weighted by molar-refractivity contribution is 5.77. The van der Waals surface area contributed by atoms with Crippen LogP contribution in [0.15, 0.2) is 0 Å². The number of ether oxygens (including phenoxy) is 6. The molecule has 90 heavy (non-hydrogen) atoms. The normalized spacial score (nSPS) is 28.5. The quantitative estimate of drug-likeness (QED) is 0.0288. The van der Waals surface area contributed by atoms with E-state index in [9.17, 15) is 75.7 Å². The van der Waals surface area contributed by atoms with E-state index >= 15 is 0 Å². The van der Waals surface area contributed by atoms with E-state index in [0.717, 1.165) is 51.9 Å². The van der Waals surface area contributed by atoms with Crippen LogP contribution in [0.1, 0.15) is 271 Å². The lowest BCUT2D eigenvalue weighted by molar-refractivity contribution is -0.386. The number of unbranched alkanes of at least 4 members (excludes halogenated alkanes) is 34. The third-order valence-electron chi connectivity index (χ3n) is 18.3. The highest BCUT2D eigenvalue weighted by Gasteiger charge is 2.60. The highest BCUT2D eigenvalue weighted by Crippen LogP contribution is 2.39. The van der Waals surface area contributed by atoms with Crippen molar-refractivity contribution in [3.05, 3.63) is 0 Å². The van der Waals surface area contributed by atoms with E-state index in [1.54, 1.807) is 0 Å². The third kappa shape index (κ3) is 30.6. The molecule has 23 heteroatoms. The first kappa shape index (κ1) is 82.0. The van der Waals surface area contributed by atoms with Gasteiger partial charge in [0.2, 0.25) is 11.8 Å². The van der Waals surface area contributed by atoms with Crippen LogP contribution in [0.2, 0.25) is 0 Å². The number of carbonyl (C=O) groups is 3. The zero-order valence-electron chi connectivity index (χ0n) is 55.3. The average molecular weight is 1300 g/mol. The predicted octanol–water partition coefficient (Wildman–Crippen LogP) is 6.51. The zero-order valence-corrected chi connectivity index (χ0v) is 55.3. The molecule has 18 atom stereocenters. The number of aliphatic carboxylic acids is 1.